The van der Waals surface area contributed by atoms with Gasteiger partial charge < -0.3 is 14.8 Å². The van der Waals surface area contributed by atoms with Gasteiger partial charge in [-0.3, -0.25) is 4.98 Å². The molecule has 0 amide bonds. The number of nitrogens with one attached hydrogen (secondary N) is 1. The van der Waals surface area contributed by atoms with Crippen LogP contribution in [-0.2, 0) is 16.0 Å². The summed E-state index contributed by atoms with van der Waals surface area (Å²) in [5.74, 6) is 0. The van der Waals surface area contributed by atoms with Gasteiger partial charge in [-0.25, -0.2) is 0 Å². The van der Waals surface area contributed by atoms with Crippen LogP contribution in [0.3, 0.4) is 0 Å². The molecule has 4 nitrogen and oxygen atoms in total. The van der Waals surface area contributed by atoms with E-state index in [1.54, 1.807) is 7.11 Å². The highest BCUT2D eigenvalue weighted by atomic mass is 16.5. The molecule has 0 aromatic carbocycles. The Balaban J connectivity index is 1.97. The van der Waals surface area contributed by atoms with Crippen molar-refractivity contribution in [3.63, 3.8) is 0 Å². The summed E-state index contributed by atoms with van der Waals surface area (Å²) in [5, 5.41) is 3.35. The zero-order valence-electron chi connectivity index (χ0n) is 10.7. The molecule has 0 atom stereocenters. The van der Waals surface area contributed by atoms with E-state index in [4.69, 9.17) is 9.47 Å². The van der Waals surface area contributed by atoms with E-state index in [2.05, 4.69) is 10.3 Å². The van der Waals surface area contributed by atoms with E-state index >= 15 is 0 Å². The van der Waals surface area contributed by atoms with Crippen LogP contribution in [0.15, 0.2) is 18.2 Å². The number of methoxy groups -OCH3 is 1. The standard InChI is InChI=1S/C13H22N2O2/c1-12-5-3-6-13(15-12)11-14-7-4-8-17-10-9-16-2/h3,5-6,14H,4,7-11H2,1-2H3. The van der Waals surface area contributed by atoms with E-state index in [0.29, 0.717) is 13.2 Å². The van der Waals surface area contributed by atoms with E-state index in [9.17, 15) is 0 Å². The Bertz CT molecular complexity index is 305. The minimum Gasteiger partial charge on any atom is -0.382 e. The number of nitrogens with zero attached hydrogens (tertiary/aromatic N) is 1. The first-order valence-electron chi connectivity index (χ1n) is 6.03. The Morgan fingerprint density at radius 3 is 2.88 bits per heavy atom. The average molecular weight is 238 g/mol. The van der Waals surface area contributed by atoms with Crippen molar-refractivity contribution in [1.82, 2.24) is 10.3 Å². The Morgan fingerprint density at radius 2 is 2.12 bits per heavy atom. The van der Waals surface area contributed by atoms with E-state index < -0.39 is 0 Å². The monoisotopic (exact) mass is 238 g/mol. The molecule has 96 valence electrons. The van der Waals surface area contributed by atoms with Gasteiger partial charge >= 0.3 is 0 Å². The fraction of sp³-hybridized carbons (Fsp3) is 0.615. The van der Waals surface area contributed by atoms with Crippen molar-refractivity contribution in [3.05, 3.63) is 29.6 Å². The van der Waals surface area contributed by atoms with Gasteiger partial charge in [0.2, 0.25) is 0 Å². The highest BCUT2D eigenvalue weighted by Crippen LogP contribution is 1.97. The molecule has 0 aliphatic rings. The van der Waals surface area contributed by atoms with Gasteiger partial charge in [0.15, 0.2) is 0 Å². The average Bonchev–Trinajstić information content (AvgIpc) is 2.33. The quantitative estimate of drug-likeness (QED) is 0.663. The van der Waals surface area contributed by atoms with Gasteiger partial charge in [0, 0.05) is 26.0 Å². The summed E-state index contributed by atoms with van der Waals surface area (Å²) in [7, 11) is 1.68. The lowest BCUT2D eigenvalue weighted by atomic mass is 10.3. The Morgan fingerprint density at radius 1 is 1.24 bits per heavy atom. The summed E-state index contributed by atoms with van der Waals surface area (Å²) >= 11 is 0. The second kappa shape index (κ2) is 9.10. The molecular formula is C13H22N2O2. The summed E-state index contributed by atoms with van der Waals surface area (Å²) in [6.45, 7) is 5.89. The third kappa shape index (κ3) is 7.05. The van der Waals surface area contributed by atoms with Crippen molar-refractivity contribution in [2.75, 3.05) is 33.5 Å². The molecular weight excluding hydrogens is 216 g/mol. The summed E-state index contributed by atoms with van der Waals surface area (Å²) < 4.78 is 10.3. The molecule has 4 heteroatoms. The van der Waals surface area contributed by atoms with Crippen molar-refractivity contribution in [2.45, 2.75) is 19.9 Å². The van der Waals surface area contributed by atoms with E-state index in [-0.39, 0.29) is 0 Å². The number of hydrogen-bond acceptors (Lipinski definition) is 4. The molecule has 0 radical (unpaired) electrons. The maximum atomic E-state index is 5.36. The van der Waals surface area contributed by atoms with Crippen LogP contribution in [0.5, 0.6) is 0 Å². The van der Waals surface area contributed by atoms with Crippen LogP contribution in [0.1, 0.15) is 17.8 Å². The summed E-state index contributed by atoms with van der Waals surface area (Å²) in [6, 6.07) is 6.08. The Labute approximate surface area is 103 Å². The van der Waals surface area contributed by atoms with Crippen LogP contribution in [0.4, 0.5) is 0 Å². The highest BCUT2D eigenvalue weighted by Gasteiger charge is 1.94. The zero-order valence-corrected chi connectivity index (χ0v) is 10.7. The molecule has 1 N–H and O–H groups in total. The Kier molecular flexibility index (Phi) is 7.54. The first kappa shape index (κ1) is 14.1. The van der Waals surface area contributed by atoms with Gasteiger partial charge in [-0.15, -0.1) is 0 Å². The second-order valence-corrected chi connectivity index (χ2v) is 3.91. The maximum Gasteiger partial charge on any atom is 0.0700 e. The number of rotatable bonds is 9. The molecule has 0 saturated carbocycles. The van der Waals surface area contributed by atoms with Crippen LogP contribution in [-0.4, -0.2) is 38.5 Å². The molecule has 1 heterocycles. The topological polar surface area (TPSA) is 43.4 Å². The minimum atomic E-state index is 0.667. The van der Waals surface area contributed by atoms with Gasteiger partial charge in [0.25, 0.3) is 0 Å². The number of aromatic nitrogens is 1. The molecule has 0 unspecified atom stereocenters. The van der Waals surface area contributed by atoms with Gasteiger partial charge in [0.05, 0.1) is 18.9 Å². The van der Waals surface area contributed by atoms with Crippen molar-refractivity contribution in [2.24, 2.45) is 0 Å². The van der Waals surface area contributed by atoms with Crippen LogP contribution < -0.4 is 5.32 Å². The third-order valence-electron chi connectivity index (χ3n) is 2.33. The molecule has 0 aliphatic carbocycles. The van der Waals surface area contributed by atoms with E-state index in [1.165, 1.54) is 0 Å². The van der Waals surface area contributed by atoms with Gasteiger partial charge in [0.1, 0.15) is 0 Å². The van der Waals surface area contributed by atoms with Crippen molar-refractivity contribution >= 4 is 0 Å². The number of hydrogen-bond donors (Lipinski definition) is 1. The molecule has 0 fully saturated rings. The lowest BCUT2D eigenvalue weighted by Gasteiger charge is -2.06. The number of pyridine rings is 1. The first-order chi connectivity index (χ1) is 8.33. The molecule has 0 spiro atoms. The molecule has 1 rings (SSSR count). The molecule has 1 aromatic heterocycles. The van der Waals surface area contributed by atoms with Crippen LogP contribution in [0.25, 0.3) is 0 Å². The smallest absolute Gasteiger partial charge is 0.0700 e. The lowest BCUT2D eigenvalue weighted by Crippen LogP contribution is -2.17. The number of aryl methyl sites for hydroxylation is 1. The zero-order chi connectivity index (χ0) is 12.3. The molecule has 1 aromatic rings. The summed E-state index contributed by atoms with van der Waals surface area (Å²) in [5.41, 5.74) is 2.15. The fourth-order valence-corrected chi connectivity index (χ4v) is 1.46. The molecule has 0 aliphatic heterocycles. The number of ether oxygens (including phenoxy) is 2. The normalized spacial score (nSPS) is 10.7. The predicted molar refractivity (Wildman–Crippen MR) is 68.0 cm³/mol. The van der Waals surface area contributed by atoms with E-state index in [1.807, 2.05) is 25.1 Å². The van der Waals surface area contributed by atoms with Crippen LogP contribution >= 0.6 is 0 Å². The fourth-order valence-electron chi connectivity index (χ4n) is 1.46. The third-order valence-corrected chi connectivity index (χ3v) is 2.33. The SMILES string of the molecule is COCCOCCCNCc1cccc(C)n1. The lowest BCUT2D eigenvalue weighted by molar-refractivity contribution is 0.0694. The van der Waals surface area contributed by atoms with E-state index in [0.717, 1.165) is 37.5 Å². The first-order valence-corrected chi connectivity index (χ1v) is 6.03. The predicted octanol–water partition coefficient (Wildman–Crippen LogP) is 1.53. The van der Waals surface area contributed by atoms with Crippen LogP contribution in [0.2, 0.25) is 0 Å². The molecule has 17 heavy (non-hydrogen) atoms. The second-order valence-electron chi connectivity index (χ2n) is 3.91. The van der Waals surface area contributed by atoms with Crippen molar-refractivity contribution in [3.8, 4) is 0 Å². The molecule has 0 bridgehead atoms. The Hall–Kier alpha value is -0.970. The largest absolute Gasteiger partial charge is 0.382 e. The van der Waals surface area contributed by atoms with Gasteiger partial charge in [-0.2, -0.15) is 0 Å². The van der Waals surface area contributed by atoms with Crippen molar-refractivity contribution < 1.29 is 9.47 Å². The maximum absolute atomic E-state index is 5.36. The minimum absolute atomic E-state index is 0.667. The summed E-state index contributed by atoms with van der Waals surface area (Å²) in [4.78, 5) is 4.42. The molecule has 0 saturated heterocycles. The van der Waals surface area contributed by atoms with Gasteiger partial charge in [-0.1, -0.05) is 6.07 Å². The van der Waals surface area contributed by atoms with Crippen LogP contribution in [0, 0.1) is 6.92 Å². The van der Waals surface area contributed by atoms with Crippen molar-refractivity contribution in [1.29, 1.82) is 0 Å². The summed E-state index contributed by atoms with van der Waals surface area (Å²) in [6.07, 6.45) is 1.01. The highest BCUT2D eigenvalue weighted by molar-refractivity contribution is 5.09. The van der Waals surface area contributed by atoms with Gasteiger partial charge in [-0.05, 0) is 32.0 Å².